The Bertz CT molecular complexity index is 575. The number of amides is 1. The maximum Gasteiger partial charge on any atom is 0.241 e. The molecular weight excluding hydrogens is 320 g/mol. The van der Waals surface area contributed by atoms with Gasteiger partial charge < -0.3 is 14.8 Å². The second kappa shape index (κ2) is 8.29. The maximum absolute atomic E-state index is 12.4. The molecule has 3 heterocycles. The molecule has 0 aromatic carbocycles. The standard InChI is InChI=1S/C18H30N4O3/c1-15-11-16(2)22(20-15)12-17(23)19-13-18(3-7-24-8-4-18)14-21-5-9-25-10-6-21/h11H,3-10,12-14H2,1-2H3,(H,19,23). The number of ether oxygens (including phenoxy) is 2. The van der Waals surface area contributed by atoms with E-state index in [1.165, 1.54) is 0 Å². The monoisotopic (exact) mass is 350 g/mol. The van der Waals surface area contributed by atoms with Crippen LogP contribution in [0.2, 0.25) is 0 Å². The number of nitrogens with zero attached hydrogens (tertiary/aromatic N) is 3. The molecule has 2 aliphatic rings. The molecule has 0 spiro atoms. The number of hydrogen-bond donors (Lipinski definition) is 1. The fourth-order valence-corrected chi connectivity index (χ4v) is 3.74. The minimum absolute atomic E-state index is 0.0269. The summed E-state index contributed by atoms with van der Waals surface area (Å²) in [6.07, 6.45) is 1.98. The van der Waals surface area contributed by atoms with Crippen LogP contribution in [-0.2, 0) is 20.8 Å². The molecule has 140 valence electrons. The van der Waals surface area contributed by atoms with Gasteiger partial charge in [0.05, 0.1) is 18.9 Å². The number of rotatable bonds is 6. The zero-order chi connectivity index (χ0) is 17.7. The summed E-state index contributed by atoms with van der Waals surface area (Å²) in [5.41, 5.74) is 2.06. The van der Waals surface area contributed by atoms with Crippen molar-refractivity contribution in [3.8, 4) is 0 Å². The first-order chi connectivity index (χ1) is 12.1. The molecule has 3 rings (SSSR count). The highest BCUT2D eigenvalue weighted by Crippen LogP contribution is 2.31. The van der Waals surface area contributed by atoms with Crippen LogP contribution in [0.1, 0.15) is 24.2 Å². The molecule has 0 unspecified atom stereocenters. The molecule has 25 heavy (non-hydrogen) atoms. The summed E-state index contributed by atoms with van der Waals surface area (Å²) in [6, 6.07) is 1.99. The first kappa shape index (κ1) is 18.4. The van der Waals surface area contributed by atoms with Crippen molar-refractivity contribution >= 4 is 5.91 Å². The van der Waals surface area contributed by atoms with E-state index >= 15 is 0 Å². The predicted octanol–water partition coefficient (Wildman–Crippen LogP) is 0.745. The van der Waals surface area contributed by atoms with Gasteiger partial charge in [0.15, 0.2) is 0 Å². The largest absolute Gasteiger partial charge is 0.381 e. The van der Waals surface area contributed by atoms with E-state index in [0.29, 0.717) is 6.54 Å². The molecule has 0 radical (unpaired) electrons. The van der Waals surface area contributed by atoms with E-state index in [-0.39, 0.29) is 17.9 Å². The first-order valence-corrected chi connectivity index (χ1v) is 9.22. The lowest BCUT2D eigenvalue weighted by Gasteiger charge is -2.42. The quantitative estimate of drug-likeness (QED) is 0.820. The predicted molar refractivity (Wildman–Crippen MR) is 94.5 cm³/mol. The van der Waals surface area contributed by atoms with Crippen LogP contribution >= 0.6 is 0 Å². The Hall–Kier alpha value is -1.44. The van der Waals surface area contributed by atoms with E-state index in [4.69, 9.17) is 9.47 Å². The van der Waals surface area contributed by atoms with Gasteiger partial charge in [-0.3, -0.25) is 14.4 Å². The normalized spacial score (nSPS) is 21.2. The molecule has 0 atom stereocenters. The van der Waals surface area contributed by atoms with Crippen molar-refractivity contribution in [3.05, 3.63) is 17.5 Å². The van der Waals surface area contributed by atoms with Gasteiger partial charge in [-0.05, 0) is 32.8 Å². The number of nitrogens with one attached hydrogen (secondary N) is 1. The lowest BCUT2D eigenvalue weighted by atomic mass is 9.79. The third-order valence-electron chi connectivity index (χ3n) is 5.27. The summed E-state index contributed by atoms with van der Waals surface area (Å²) in [4.78, 5) is 14.9. The lowest BCUT2D eigenvalue weighted by molar-refractivity contribution is -0.123. The van der Waals surface area contributed by atoms with Crippen molar-refractivity contribution in [2.75, 3.05) is 52.6 Å². The molecule has 2 aliphatic heterocycles. The van der Waals surface area contributed by atoms with Crippen molar-refractivity contribution < 1.29 is 14.3 Å². The average Bonchev–Trinajstić information content (AvgIpc) is 2.92. The molecule has 7 heteroatoms. The van der Waals surface area contributed by atoms with Gasteiger partial charge in [-0.1, -0.05) is 0 Å². The average molecular weight is 350 g/mol. The van der Waals surface area contributed by atoms with Crippen molar-refractivity contribution in [1.29, 1.82) is 0 Å². The van der Waals surface area contributed by atoms with Gasteiger partial charge >= 0.3 is 0 Å². The number of aromatic nitrogens is 2. The second-order valence-corrected chi connectivity index (χ2v) is 7.36. The highest BCUT2D eigenvalue weighted by molar-refractivity contribution is 5.75. The number of carbonyl (C=O) groups excluding carboxylic acids is 1. The van der Waals surface area contributed by atoms with E-state index in [9.17, 15) is 4.79 Å². The lowest BCUT2D eigenvalue weighted by Crippen LogP contribution is -2.51. The Balaban J connectivity index is 1.56. The summed E-state index contributed by atoms with van der Waals surface area (Å²) in [5, 5.41) is 7.52. The second-order valence-electron chi connectivity index (χ2n) is 7.36. The number of hydrogen-bond acceptors (Lipinski definition) is 5. The van der Waals surface area contributed by atoms with Crippen LogP contribution in [0.5, 0.6) is 0 Å². The van der Waals surface area contributed by atoms with E-state index < -0.39 is 0 Å². The molecule has 1 aromatic heterocycles. The SMILES string of the molecule is Cc1cc(C)n(CC(=O)NCC2(CN3CCOCC3)CCOCC2)n1. The third-order valence-corrected chi connectivity index (χ3v) is 5.27. The molecule has 1 aromatic rings. The maximum atomic E-state index is 12.4. The Kier molecular flexibility index (Phi) is 6.09. The van der Waals surface area contributed by atoms with Gasteiger partial charge in [0, 0.05) is 50.5 Å². The van der Waals surface area contributed by atoms with Crippen LogP contribution in [0.15, 0.2) is 6.07 Å². The van der Waals surface area contributed by atoms with Crippen LogP contribution in [-0.4, -0.2) is 73.2 Å². The van der Waals surface area contributed by atoms with E-state index in [2.05, 4.69) is 15.3 Å². The van der Waals surface area contributed by atoms with Crippen LogP contribution in [0.25, 0.3) is 0 Å². The van der Waals surface area contributed by atoms with Crippen LogP contribution in [0, 0.1) is 19.3 Å². The van der Waals surface area contributed by atoms with Gasteiger partial charge in [0.1, 0.15) is 6.54 Å². The van der Waals surface area contributed by atoms with Gasteiger partial charge in [0.25, 0.3) is 0 Å². The van der Waals surface area contributed by atoms with Gasteiger partial charge in [-0.25, -0.2) is 0 Å². The Morgan fingerprint density at radius 1 is 1.20 bits per heavy atom. The van der Waals surface area contributed by atoms with E-state index in [1.807, 2.05) is 19.9 Å². The summed E-state index contributed by atoms with van der Waals surface area (Å²) >= 11 is 0. The number of carbonyl (C=O) groups is 1. The topological polar surface area (TPSA) is 68.6 Å². The molecule has 1 N–H and O–H groups in total. The first-order valence-electron chi connectivity index (χ1n) is 9.22. The molecule has 2 fully saturated rings. The molecule has 2 saturated heterocycles. The van der Waals surface area contributed by atoms with Gasteiger partial charge in [0.2, 0.25) is 5.91 Å². The van der Waals surface area contributed by atoms with Crippen LogP contribution in [0.3, 0.4) is 0 Å². The van der Waals surface area contributed by atoms with Crippen molar-refractivity contribution in [3.63, 3.8) is 0 Å². The Morgan fingerprint density at radius 3 is 2.52 bits per heavy atom. The molecule has 0 bridgehead atoms. The summed E-state index contributed by atoms with van der Waals surface area (Å²) < 4.78 is 12.8. The van der Waals surface area contributed by atoms with E-state index in [1.54, 1.807) is 4.68 Å². The minimum Gasteiger partial charge on any atom is -0.381 e. The van der Waals surface area contributed by atoms with Gasteiger partial charge in [-0.2, -0.15) is 5.10 Å². The fraction of sp³-hybridized carbons (Fsp3) is 0.778. The van der Waals surface area contributed by atoms with Crippen molar-refractivity contribution in [1.82, 2.24) is 20.0 Å². The summed E-state index contributed by atoms with van der Waals surface area (Å²) in [6.45, 7) is 11.0. The van der Waals surface area contributed by atoms with E-state index in [0.717, 1.165) is 70.3 Å². The molecular formula is C18H30N4O3. The number of morpholine rings is 1. The summed E-state index contributed by atoms with van der Waals surface area (Å²) in [5.74, 6) is 0.0269. The molecule has 7 nitrogen and oxygen atoms in total. The zero-order valence-electron chi connectivity index (χ0n) is 15.4. The highest BCUT2D eigenvalue weighted by Gasteiger charge is 2.35. The minimum atomic E-state index is 0.0269. The Morgan fingerprint density at radius 2 is 1.88 bits per heavy atom. The number of aryl methyl sites for hydroxylation is 2. The van der Waals surface area contributed by atoms with Crippen molar-refractivity contribution in [2.24, 2.45) is 5.41 Å². The van der Waals surface area contributed by atoms with Crippen LogP contribution < -0.4 is 5.32 Å². The molecule has 0 aliphatic carbocycles. The molecule has 0 saturated carbocycles. The third kappa shape index (κ3) is 5.03. The fourth-order valence-electron chi connectivity index (χ4n) is 3.74. The Labute approximate surface area is 149 Å². The van der Waals surface area contributed by atoms with Crippen LogP contribution in [0.4, 0.5) is 0 Å². The highest BCUT2D eigenvalue weighted by atomic mass is 16.5. The van der Waals surface area contributed by atoms with Gasteiger partial charge in [-0.15, -0.1) is 0 Å². The zero-order valence-corrected chi connectivity index (χ0v) is 15.4. The van der Waals surface area contributed by atoms with Crippen molar-refractivity contribution in [2.45, 2.75) is 33.2 Å². The molecule has 1 amide bonds. The summed E-state index contributed by atoms with van der Waals surface area (Å²) in [7, 11) is 0. The smallest absolute Gasteiger partial charge is 0.241 e.